The Morgan fingerprint density at radius 2 is 2.15 bits per heavy atom. The van der Waals surface area contributed by atoms with E-state index < -0.39 is 0 Å². The molecule has 2 N–H and O–H groups in total. The van der Waals surface area contributed by atoms with Gasteiger partial charge in [-0.25, -0.2) is 0 Å². The highest BCUT2D eigenvalue weighted by Crippen LogP contribution is 2.42. The van der Waals surface area contributed by atoms with Crippen LogP contribution < -0.4 is 5.32 Å². The van der Waals surface area contributed by atoms with Gasteiger partial charge in [-0.2, -0.15) is 0 Å². The fourth-order valence-electron chi connectivity index (χ4n) is 3.43. The number of aliphatic hydroxyl groups excluding tert-OH is 1. The normalized spacial score (nSPS) is 48.2. The Morgan fingerprint density at radius 1 is 1.35 bits per heavy atom. The summed E-state index contributed by atoms with van der Waals surface area (Å²) in [5, 5.41) is 13.3. The molecule has 0 amide bonds. The molecule has 0 saturated heterocycles. The van der Waals surface area contributed by atoms with Crippen molar-refractivity contribution >= 4 is 50.1 Å². The summed E-state index contributed by atoms with van der Waals surface area (Å²) in [5.74, 6) is 1.29. The van der Waals surface area contributed by atoms with Gasteiger partial charge in [0, 0.05) is 21.0 Å². The third-order valence-electron chi connectivity index (χ3n) is 4.64. The standard InChI is InChI=1S/C14H20BrClINO2/c15-8-2-3-10-13(14(8)16)12(6-18-10)20-7-1-4-11(19)9(17)5-7/h6-11,13-14,18-19H,1-5H2. The molecule has 20 heavy (non-hydrogen) atoms. The minimum Gasteiger partial charge on any atom is -0.493 e. The molecule has 1 heterocycles. The number of halogens is 3. The molecule has 2 fully saturated rings. The summed E-state index contributed by atoms with van der Waals surface area (Å²) in [6, 6.07) is 0.422. The zero-order valence-corrected chi connectivity index (χ0v) is 15.6. The topological polar surface area (TPSA) is 41.5 Å². The summed E-state index contributed by atoms with van der Waals surface area (Å²) < 4.78 is 6.53. The average molecular weight is 477 g/mol. The lowest BCUT2D eigenvalue weighted by Crippen LogP contribution is -2.43. The van der Waals surface area contributed by atoms with Gasteiger partial charge in [-0.15, -0.1) is 11.6 Å². The first-order valence-corrected chi connectivity index (χ1v) is 9.89. The maximum atomic E-state index is 9.80. The molecular formula is C14H20BrClINO2. The molecule has 2 saturated carbocycles. The van der Waals surface area contributed by atoms with Crippen molar-refractivity contribution in [2.45, 2.75) is 64.5 Å². The highest BCUT2D eigenvalue weighted by Gasteiger charge is 2.44. The average Bonchev–Trinajstić information content (AvgIpc) is 2.82. The van der Waals surface area contributed by atoms with Crippen LogP contribution in [-0.2, 0) is 4.74 Å². The van der Waals surface area contributed by atoms with Gasteiger partial charge >= 0.3 is 0 Å². The van der Waals surface area contributed by atoms with Crippen LogP contribution in [0.25, 0.3) is 0 Å². The summed E-state index contributed by atoms with van der Waals surface area (Å²) in [6.07, 6.45) is 6.97. The van der Waals surface area contributed by atoms with E-state index in [0.29, 0.717) is 14.8 Å². The Labute approximate surface area is 147 Å². The molecule has 0 aromatic rings. The number of alkyl halides is 3. The predicted molar refractivity (Wildman–Crippen MR) is 92.6 cm³/mol. The lowest BCUT2D eigenvalue weighted by Gasteiger charge is -2.37. The van der Waals surface area contributed by atoms with Gasteiger partial charge in [0.25, 0.3) is 0 Å². The minimum absolute atomic E-state index is 0.0829. The highest BCUT2D eigenvalue weighted by atomic mass is 127. The lowest BCUT2D eigenvalue weighted by atomic mass is 9.84. The van der Waals surface area contributed by atoms with E-state index >= 15 is 0 Å². The molecule has 114 valence electrons. The van der Waals surface area contributed by atoms with Crippen LogP contribution >= 0.6 is 50.1 Å². The molecule has 1 aliphatic heterocycles. The molecule has 3 rings (SSSR count). The SMILES string of the molecule is OC1CCC(OC2=CNC3CCC(Br)C(Cl)C23)CC1I. The second-order valence-corrected chi connectivity index (χ2v) is 9.30. The van der Waals surface area contributed by atoms with E-state index in [1.54, 1.807) is 0 Å². The number of aliphatic hydroxyl groups is 1. The number of fused-ring (bicyclic) bond motifs is 1. The molecule has 3 nitrogen and oxygen atoms in total. The van der Waals surface area contributed by atoms with Crippen LogP contribution in [0.3, 0.4) is 0 Å². The molecule has 6 heteroatoms. The zero-order valence-electron chi connectivity index (χ0n) is 11.1. The van der Waals surface area contributed by atoms with Crippen molar-refractivity contribution in [3.63, 3.8) is 0 Å². The molecule has 7 unspecified atom stereocenters. The first kappa shape index (κ1) is 15.7. The quantitative estimate of drug-likeness (QED) is 0.475. The van der Waals surface area contributed by atoms with Gasteiger partial charge in [0.2, 0.25) is 0 Å². The van der Waals surface area contributed by atoms with Gasteiger partial charge < -0.3 is 15.2 Å². The van der Waals surface area contributed by atoms with E-state index in [9.17, 15) is 5.11 Å². The number of nitrogens with one attached hydrogen (secondary N) is 1. The zero-order chi connectivity index (χ0) is 14.3. The summed E-state index contributed by atoms with van der Waals surface area (Å²) in [5.41, 5.74) is 0. The Bertz CT molecular complexity index is 397. The van der Waals surface area contributed by atoms with Gasteiger partial charge in [0.1, 0.15) is 5.76 Å². The Morgan fingerprint density at radius 3 is 2.90 bits per heavy atom. The van der Waals surface area contributed by atoms with Crippen molar-refractivity contribution in [2.24, 2.45) is 5.92 Å². The molecular weight excluding hydrogens is 456 g/mol. The van der Waals surface area contributed by atoms with Crippen LogP contribution in [0.2, 0.25) is 0 Å². The molecule has 0 radical (unpaired) electrons. The van der Waals surface area contributed by atoms with E-state index in [1.165, 1.54) is 0 Å². The van der Waals surface area contributed by atoms with Crippen molar-refractivity contribution in [2.75, 3.05) is 0 Å². The highest BCUT2D eigenvalue weighted by molar-refractivity contribution is 14.1. The van der Waals surface area contributed by atoms with Crippen LogP contribution in [0.4, 0.5) is 0 Å². The van der Waals surface area contributed by atoms with Gasteiger partial charge in [-0.1, -0.05) is 38.5 Å². The smallest absolute Gasteiger partial charge is 0.119 e. The van der Waals surface area contributed by atoms with E-state index in [-0.39, 0.29) is 23.5 Å². The fourth-order valence-corrected chi connectivity index (χ4v) is 5.37. The summed E-state index contributed by atoms with van der Waals surface area (Å²) in [4.78, 5) is 0.364. The second-order valence-electron chi connectivity index (χ2n) is 6.02. The maximum Gasteiger partial charge on any atom is 0.119 e. The van der Waals surface area contributed by atoms with E-state index in [4.69, 9.17) is 16.3 Å². The van der Waals surface area contributed by atoms with Crippen LogP contribution in [0.1, 0.15) is 32.1 Å². The molecule has 0 aromatic carbocycles. The Balaban J connectivity index is 1.63. The largest absolute Gasteiger partial charge is 0.493 e. The summed E-state index contributed by atoms with van der Waals surface area (Å²) in [7, 11) is 0. The van der Waals surface area contributed by atoms with Crippen LogP contribution in [0.5, 0.6) is 0 Å². The van der Waals surface area contributed by atoms with E-state index in [0.717, 1.165) is 37.9 Å². The number of hydrogen-bond acceptors (Lipinski definition) is 3. The number of ether oxygens (including phenoxy) is 1. The Hall–Kier alpha value is 0.800. The van der Waals surface area contributed by atoms with Crippen molar-refractivity contribution < 1.29 is 9.84 Å². The van der Waals surface area contributed by atoms with Gasteiger partial charge in [0.05, 0.1) is 23.5 Å². The van der Waals surface area contributed by atoms with Crippen molar-refractivity contribution in [1.29, 1.82) is 0 Å². The monoisotopic (exact) mass is 475 g/mol. The maximum absolute atomic E-state index is 9.80. The first-order valence-electron chi connectivity index (χ1n) is 7.29. The molecule has 2 aliphatic carbocycles. The summed E-state index contributed by atoms with van der Waals surface area (Å²) in [6.45, 7) is 0. The number of hydrogen-bond donors (Lipinski definition) is 2. The minimum atomic E-state index is -0.179. The summed E-state index contributed by atoms with van der Waals surface area (Å²) >= 11 is 12.6. The van der Waals surface area contributed by atoms with Crippen molar-refractivity contribution in [1.82, 2.24) is 5.32 Å². The predicted octanol–water partition coefficient (Wildman–Crippen LogP) is 3.31. The van der Waals surface area contributed by atoms with Crippen molar-refractivity contribution in [3.05, 3.63) is 12.0 Å². The van der Waals surface area contributed by atoms with Crippen LogP contribution in [0, 0.1) is 5.92 Å². The molecule has 7 atom stereocenters. The Kier molecular flexibility index (Phi) is 5.10. The molecule has 0 bridgehead atoms. The first-order chi connectivity index (χ1) is 9.56. The third-order valence-corrected chi connectivity index (χ3v) is 7.88. The molecule has 0 spiro atoms. The second kappa shape index (κ2) is 6.50. The van der Waals surface area contributed by atoms with Gasteiger partial charge in [-0.05, 0) is 32.1 Å². The fraction of sp³-hybridized carbons (Fsp3) is 0.857. The third kappa shape index (κ3) is 3.10. The van der Waals surface area contributed by atoms with Crippen LogP contribution in [0.15, 0.2) is 12.0 Å². The van der Waals surface area contributed by atoms with E-state index in [2.05, 4.69) is 43.8 Å². The lowest BCUT2D eigenvalue weighted by molar-refractivity contribution is 0.0271. The van der Waals surface area contributed by atoms with Crippen molar-refractivity contribution in [3.8, 4) is 0 Å². The van der Waals surface area contributed by atoms with E-state index in [1.807, 2.05) is 6.20 Å². The molecule has 3 aliphatic rings. The van der Waals surface area contributed by atoms with Gasteiger partial charge in [-0.3, -0.25) is 0 Å². The number of rotatable bonds is 2. The van der Waals surface area contributed by atoms with Gasteiger partial charge in [0.15, 0.2) is 0 Å². The van der Waals surface area contributed by atoms with Crippen LogP contribution in [-0.4, -0.2) is 37.5 Å². The molecule has 0 aromatic heterocycles.